The van der Waals surface area contributed by atoms with Crippen molar-refractivity contribution in [1.29, 1.82) is 0 Å². The summed E-state index contributed by atoms with van der Waals surface area (Å²) in [7, 11) is 6.77. The number of carbonyl (C=O) groups is 2. The van der Waals surface area contributed by atoms with Gasteiger partial charge in [0.15, 0.2) is 20.0 Å². The third kappa shape index (κ3) is 8.95. The molecule has 4 N–H and O–H groups in total. The Balaban J connectivity index is 0.000000228. The van der Waals surface area contributed by atoms with Crippen LogP contribution in [0.15, 0.2) is 56.0 Å². The fourth-order valence-corrected chi connectivity index (χ4v) is 10.7. The number of nitrogens with two attached hydrogens (primary N) is 2. The molecule has 0 aromatic heterocycles. The number of carbonyl (C=O) groups excluding carboxylic acids is 2. The number of hydrogen-bond donors (Lipinski definition) is 2. The van der Waals surface area contributed by atoms with Crippen LogP contribution in [0.2, 0.25) is 0 Å². The molecule has 2 aliphatic heterocycles. The standard InChI is InChI=1S/C20H21F2N3OS.C17H18F2IN3OS.C4H6/c1-5-6-13(21)9-12-7-8-15(22)14(10-12)19(2)16-11-20(16,17(26)25(3)4)27-18(23)24-19;1-16(10-6-9(7-13(19)20)4-5-11(10)18)12-8-17(12,14(24)23(2)3)25-15(21)22-16;1-3-4-2/h7-10,16H,11H2,1-4H3,(H2,23,24);4-7,12H,8H2,1-3H3,(H2,21,22);1-2H3/b13-9-;13-7+;/t16-,19+,20-;12-,16+,17-;/m00./s1. The molecule has 15 heteroatoms. The highest BCUT2D eigenvalue weighted by Crippen LogP contribution is 2.67. The molecule has 0 spiro atoms. The van der Waals surface area contributed by atoms with E-state index in [-0.39, 0.29) is 34.0 Å². The summed E-state index contributed by atoms with van der Waals surface area (Å²) >= 11 is 4.06. The summed E-state index contributed by atoms with van der Waals surface area (Å²) in [5, 5.41) is 0.525. The minimum atomic E-state index is -0.998. The van der Waals surface area contributed by atoms with Gasteiger partial charge in [-0.05, 0) is 124 Å². The highest BCUT2D eigenvalue weighted by atomic mass is 127. The van der Waals surface area contributed by atoms with Gasteiger partial charge in [-0.25, -0.2) is 8.78 Å². The van der Waals surface area contributed by atoms with Gasteiger partial charge in [0.25, 0.3) is 0 Å². The Morgan fingerprint density at radius 3 is 1.50 bits per heavy atom. The van der Waals surface area contributed by atoms with Gasteiger partial charge in [-0.3, -0.25) is 19.6 Å². The van der Waals surface area contributed by atoms with Crippen LogP contribution >= 0.6 is 46.1 Å². The molecule has 56 heavy (non-hydrogen) atoms. The molecule has 2 aromatic carbocycles. The van der Waals surface area contributed by atoms with Gasteiger partial charge < -0.3 is 21.3 Å². The lowest BCUT2D eigenvalue weighted by Gasteiger charge is -2.34. The smallest absolute Gasteiger partial charge is 0.239 e. The van der Waals surface area contributed by atoms with Crippen LogP contribution in [0.1, 0.15) is 69.7 Å². The van der Waals surface area contributed by atoms with Crippen LogP contribution in [0.3, 0.4) is 0 Å². The number of allylic oxidation sites excluding steroid dienone is 1. The van der Waals surface area contributed by atoms with Crippen LogP contribution in [0, 0.1) is 47.2 Å². The zero-order valence-corrected chi connectivity index (χ0v) is 36.4. The van der Waals surface area contributed by atoms with Crippen molar-refractivity contribution in [2.75, 3.05) is 28.2 Å². The molecule has 2 amide bonds. The van der Waals surface area contributed by atoms with Gasteiger partial charge in [-0.1, -0.05) is 41.6 Å². The van der Waals surface area contributed by atoms with Crippen molar-refractivity contribution in [3.05, 3.63) is 79.9 Å². The number of rotatable bonds is 6. The predicted molar refractivity (Wildman–Crippen MR) is 230 cm³/mol. The Hall–Kier alpha value is -3.93. The fourth-order valence-electron chi connectivity index (χ4n) is 7.33. The lowest BCUT2D eigenvalue weighted by Crippen LogP contribution is -2.43. The number of amidine groups is 2. The Labute approximate surface area is 348 Å². The second-order valence-corrected chi connectivity index (χ2v) is 18.1. The summed E-state index contributed by atoms with van der Waals surface area (Å²) in [5.74, 6) is 8.22. The minimum absolute atomic E-state index is 0.0404. The van der Waals surface area contributed by atoms with Crippen molar-refractivity contribution in [3.63, 3.8) is 0 Å². The van der Waals surface area contributed by atoms with Gasteiger partial charge in [0.05, 0.1) is 11.1 Å². The van der Waals surface area contributed by atoms with Crippen LogP contribution < -0.4 is 11.5 Å². The second-order valence-electron chi connectivity index (χ2n) is 14.4. The lowest BCUT2D eigenvalue weighted by molar-refractivity contribution is -0.130. The number of fused-ring (bicyclic) bond motifs is 2. The van der Waals surface area contributed by atoms with Crippen LogP contribution in [0.4, 0.5) is 17.6 Å². The van der Waals surface area contributed by atoms with E-state index >= 15 is 0 Å². The molecule has 8 nitrogen and oxygen atoms in total. The molecule has 0 saturated heterocycles. The maximum Gasteiger partial charge on any atom is 0.239 e. The zero-order chi connectivity index (χ0) is 42.0. The van der Waals surface area contributed by atoms with Crippen molar-refractivity contribution in [2.24, 2.45) is 33.3 Å². The molecular formula is C41H45F4IN6O2S2. The van der Waals surface area contributed by atoms with E-state index in [1.807, 2.05) is 13.8 Å². The normalized spacial score (nSPS) is 28.2. The Morgan fingerprint density at radius 1 is 0.768 bits per heavy atom. The number of halogens is 5. The molecule has 2 aromatic rings. The number of nitrogens with zero attached hydrogens (tertiary/aromatic N) is 4. The van der Waals surface area contributed by atoms with E-state index in [4.69, 9.17) is 11.5 Å². The predicted octanol–water partition coefficient (Wildman–Crippen LogP) is 7.96. The number of benzene rings is 2. The van der Waals surface area contributed by atoms with Crippen molar-refractivity contribution in [1.82, 2.24) is 9.80 Å². The van der Waals surface area contributed by atoms with E-state index in [1.165, 1.54) is 76.7 Å². The highest BCUT2D eigenvalue weighted by molar-refractivity contribution is 14.1. The molecule has 0 radical (unpaired) electrons. The molecular weight excluding hydrogens is 876 g/mol. The van der Waals surface area contributed by atoms with E-state index in [2.05, 4.69) is 33.7 Å². The van der Waals surface area contributed by atoms with Gasteiger partial charge >= 0.3 is 0 Å². The molecule has 2 fully saturated rings. The SMILES string of the molecule is CC#C/C(F)=C/c1ccc(F)c([C@@]2(C)N=C(N)S[C@@]3(C(=O)N(C)C)C[C@H]32)c1.CC#CC.CN(C)C(=O)[C@]12C[C@H]1[C@@](C)(c1cc(/C=C(\F)I)ccc1F)N=C(N)S2. The zero-order valence-electron chi connectivity index (χ0n) is 32.7. The molecule has 2 heterocycles. The van der Waals surface area contributed by atoms with Crippen LogP contribution in [0.5, 0.6) is 0 Å². The summed E-state index contributed by atoms with van der Waals surface area (Å²) in [4.78, 5) is 37.5. The van der Waals surface area contributed by atoms with E-state index in [0.717, 1.165) is 0 Å². The fraction of sp³-hybridized carbons (Fsp3) is 0.415. The molecule has 6 atom stereocenters. The maximum atomic E-state index is 14.7. The topological polar surface area (TPSA) is 117 Å². The number of amides is 2. The second kappa shape index (κ2) is 17.3. The van der Waals surface area contributed by atoms with Gasteiger partial charge in [0.2, 0.25) is 11.8 Å². The summed E-state index contributed by atoms with van der Waals surface area (Å²) < 4.78 is 54.5. The molecule has 0 bridgehead atoms. The van der Waals surface area contributed by atoms with Crippen molar-refractivity contribution in [2.45, 2.75) is 68.0 Å². The van der Waals surface area contributed by atoms with Crippen molar-refractivity contribution in [3.8, 4) is 23.7 Å². The largest absolute Gasteiger partial charge is 0.378 e. The lowest BCUT2D eigenvalue weighted by atomic mass is 9.84. The summed E-state index contributed by atoms with van der Waals surface area (Å²) in [6.07, 6.45) is 3.71. The number of thioether (sulfide) groups is 2. The summed E-state index contributed by atoms with van der Waals surface area (Å²) in [6.45, 7) is 8.75. The molecule has 0 unspecified atom stereocenters. The molecule has 6 rings (SSSR count). The monoisotopic (exact) mass is 920 g/mol. The van der Waals surface area contributed by atoms with Gasteiger partial charge in [-0.2, -0.15) is 8.78 Å². The average molecular weight is 921 g/mol. The number of aliphatic imine (C=N–C) groups is 2. The van der Waals surface area contributed by atoms with Crippen LogP contribution in [-0.4, -0.2) is 69.6 Å². The Bertz CT molecular complexity index is 2160. The molecule has 4 aliphatic rings. The van der Waals surface area contributed by atoms with Crippen molar-refractivity contribution < 1.29 is 27.2 Å². The highest BCUT2D eigenvalue weighted by Gasteiger charge is 2.72. The van der Waals surface area contributed by atoms with Crippen molar-refractivity contribution >= 4 is 80.4 Å². The van der Waals surface area contributed by atoms with Crippen LogP contribution in [0.25, 0.3) is 12.2 Å². The van der Waals surface area contributed by atoms with Gasteiger partial charge in [0.1, 0.15) is 21.1 Å². The third-order valence-electron chi connectivity index (χ3n) is 10.1. The van der Waals surface area contributed by atoms with Gasteiger partial charge in [-0.15, -0.1) is 11.8 Å². The van der Waals surface area contributed by atoms with E-state index in [0.29, 0.717) is 35.1 Å². The van der Waals surface area contributed by atoms with E-state index in [9.17, 15) is 27.2 Å². The molecule has 298 valence electrons. The first kappa shape index (κ1) is 44.8. The minimum Gasteiger partial charge on any atom is -0.378 e. The first-order valence-corrected chi connectivity index (χ1v) is 20.1. The average Bonchev–Trinajstić information content (AvgIpc) is 4.04. The first-order chi connectivity index (χ1) is 26.1. The third-order valence-corrected chi connectivity index (χ3v) is 13.0. The summed E-state index contributed by atoms with van der Waals surface area (Å²) in [5.41, 5.74) is 11.7. The van der Waals surface area contributed by atoms with E-state index < -0.39 is 41.9 Å². The maximum absolute atomic E-state index is 14.7. The van der Waals surface area contributed by atoms with Crippen LogP contribution in [-0.2, 0) is 20.7 Å². The van der Waals surface area contributed by atoms with Gasteiger partial charge in [0, 0.05) is 51.2 Å². The Kier molecular flexibility index (Phi) is 13.8. The number of hydrogen-bond acceptors (Lipinski definition) is 8. The quantitative estimate of drug-likeness (QED) is 0.173. The first-order valence-electron chi connectivity index (χ1n) is 17.4. The summed E-state index contributed by atoms with van der Waals surface area (Å²) in [6, 6.07) is 8.72. The molecule has 2 saturated carbocycles. The molecule has 2 aliphatic carbocycles. The van der Waals surface area contributed by atoms with E-state index in [1.54, 1.807) is 76.8 Å². The Morgan fingerprint density at radius 2 is 1.16 bits per heavy atom.